The second-order valence-electron chi connectivity index (χ2n) is 4.16. The van der Waals surface area contributed by atoms with Gasteiger partial charge in [-0.3, -0.25) is 4.79 Å². The summed E-state index contributed by atoms with van der Waals surface area (Å²) < 4.78 is 0.369. The van der Waals surface area contributed by atoms with Crippen LogP contribution in [0.25, 0.3) is 0 Å². The SMILES string of the molecule is CCC(=O)[C@@H]1CCS[C@](C)(CC)C1. The van der Waals surface area contributed by atoms with Crippen molar-refractivity contribution in [2.24, 2.45) is 5.92 Å². The molecule has 0 spiro atoms. The van der Waals surface area contributed by atoms with Crippen LogP contribution in [0.4, 0.5) is 0 Å². The molecule has 0 unspecified atom stereocenters. The normalized spacial score (nSPS) is 34.5. The number of carbonyl (C=O) groups is 1. The van der Waals surface area contributed by atoms with Gasteiger partial charge in [0.15, 0.2) is 0 Å². The van der Waals surface area contributed by atoms with Crippen molar-refractivity contribution >= 4 is 17.5 Å². The maximum absolute atomic E-state index is 11.6. The number of hydrogen-bond acceptors (Lipinski definition) is 2. The van der Waals surface area contributed by atoms with E-state index in [2.05, 4.69) is 13.8 Å². The zero-order chi connectivity index (χ0) is 9.90. The zero-order valence-electron chi connectivity index (χ0n) is 8.93. The highest BCUT2D eigenvalue weighted by Crippen LogP contribution is 2.41. The average molecular weight is 200 g/mol. The van der Waals surface area contributed by atoms with E-state index >= 15 is 0 Å². The second-order valence-corrected chi connectivity index (χ2v) is 5.84. The quantitative estimate of drug-likeness (QED) is 0.695. The van der Waals surface area contributed by atoms with Crippen LogP contribution in [0.3, 0.4) is 0 Å². The second kappa shape index (κ2) is 4.50. The first-order valence-corrected chi connectivity index (χ1v) is 6.26. The molecule has 0 saturated carbocycles. The summed E-state index contributed by atoms with van der Waals surface area (Å²) in [5.41, 5.74) is 0. The summed E-state index contributed by atoms with van der Waals surface area (Å²) in [5.74, 6) is 2.00. The highest BCUT2D eigenvalue weighted by atomic mass is 32.2. The molecule has 2 atom stereocenters. The largest absolute Gasteiger partial charge is 0.299 e. The number of carbonyl (C=O) groups excluding carboxylic acids is 1. The van der Waals surface area contributed by atoms with Gasteiger partial charge in [-0.1, -0.05) is 20.8 Å². The standard InChI is InChI=1S/C11H20OS/c1-4-10(12)9-6-7-13-11(3,5-2)8-9/h9H,4-8H2,1-3H3/t9-,11-/m1/s1. The molecule has 2 heteroatoms. The first-order valence-electron chi connectivity index (χ1n) is 5.28. The van der Waals surface area contributed by atoms with Gasteiger partial charge < -0.3 is 0 Å². The summed E-state index contributed by atoms with van der Waals surface area (Å²) in [5, 5.41) is 0. The van der Waals surface area contributed by atoms with Crippen LogP contribution >= 0.6 is 11.8 Å². The summed E-state index contributed by atoms with van der Waals surface area (Å²) in [6, 6.07) is 0. The van der Waals surface area contributed by atoms with E-state index < -0.39 is 0 Å². The number of Topliss-reactive ketones (excluding diaryl/α,β-unsaturated/α-hetero) is 1. The molecule has 1 heterocycles. The predicted octanol–water partition coefficient (Wildman–Crippen LogP) is 3.28. The first kappa shape index (κ1) is 11.1. The van der Waals surface area contributed by atoms with Crippen molar-refractivity contribution in [3.8, 4) is 0 Å². The van der Waals surface area contributed by atoms with E-state index in [1.165, 1.54) is 12.2 Å². The molecular weight excluding hydrogens is 180 g/mol. The number of hydrogen-bond donors (Lipinski definition) is 0. The molecule has 13 heavy (non-hydrogen) atoms. The van der Waals surface area contributed by atoms with Crippen molar-refractivity contribution < 1.29 is 4.79 Å². The summed E-state index contributed by atoms with van der Waals surface area (Å²) in [6.07, 6.45) is 4.11. The molecule has 1 aliphatic rings. The van der Waals surface area contributed by atoms with E-state index in [-0.39, 0.29) is 0 Å². The fourth-order valence-electron chi connectivity index (χ4n) is 1.94. The Kier molecular flexibility index (Phi) is 3.84. The fraction of sp³-hybridized carbons (Fsp3) is 0.909. The smallest absolute Gasteiger partial charge is 0.135 e. The third-order valence-electron chi connectivity index (χ3n) is 3.15. The van der Waals surface area contributed by atoms with Crippen LogP contribution in [-0.4, -0.2) is 16.3 Å². The Hall–Kier alpha value is 0.0200. The molecule has 1 aliphatic heterocycles. The van der Waals surface area contributed by atoms with Crippen LogP contribution < -0.4 is 0 Å². The summed E-state index contributed by atoms with van der Waals surface area (Å²) in [6.45, 7) is 6.51. The lowest BCUT2D eigenvalue weighted by Crippen LogP contribution is -2.32. The molecule has 1 fully saturated rings. The van der Waals surface area contributed by atoms with Gasteiger partial charge in [-0.2, -0.15) is 11.8 Å². The van der Waals surface area contributed by atoms with Crippen molar-refractivity contribution in [2.75, 3.05) is 5.75 Å². The van der Waals surface area contributed by atoms with Gasteiger partial charge in [-0.05, 0) is 25.0 Å². The zero-order valence-corrected chi connectivity index (χ0v) is 9.75. The minimum atomic E-state index is 0.358. The molecule has 0 N–H and O–H groups in total. The van der Waals surface area contributed by atoms with Crippen molar-refractivity contribution in [3.63, 3.8) is 0 Å². The topological polar surface area (TPSA) is 17.1 Å². The summed E-state index contributed by atoms with van der Waals surface area (Å²) in [7, 11) is 0. The van der Waals surface area contributed by atoms with Gasteiger partial charge in [0, 0.05) is 17.1 Å². The summed E-state index contributed by atoms with van der Waals surface area (Å²) >= 11 is 2.04. The lowest BCUT2D eigenvalue weighted by atomic mass is 9.87. The van der Waals surface area contributed by atoms with Crippen LogP contribution in [0.5, 0.6) is 0 Å². The van der Waals surface area contributed by atoms with E-state index in [1.807, 2.05) is 18.7 Å². The Morgan fingerprint density at radius 1 is 1.54 bits per heavy atom. The van der Waals surface area contributed by atoms with Gasteiger partial charge in [0.1, 0.15) is 5.78 Å². The number of thioether (sulfide) groups is 1. The monoisotopic (exact) mass is 200 g/mol. The van der Waals surface area contributed by atoms with Gasteiger partial charge >= 0.3 is 0 Å². The van der Waals surface area contributed by atoms with Crippen molar-refractivity contribution in [1.82, 2.24) is 0 Å². The van der Waals surface area contributed by atoms with Crippen LogP contribution in [0.2, 0.25) is 0 Å². The molecular formula is C11H20OS. The molecule has 1 rings (SSSR count). The minimum Gasteiger partial charge on any atom is -0.299 e. The molecule has 1 nitrogen and oxygen atoms in total. The van der Waals surface area contributed by atoms with E-state index in [1.54, 1.807) is 0 Å². The molecule has 0 aromatic heterocycles. The molecule has 0 aliphatic carbocycles. The summed E-state index contributed by atoms with van der Waals surface area (Å²) in [4.78, 5) is 11.6. The van der Waals surface area contributed by atoms with Gasteiger partial charge in [-0.15, -0.1) is 0 Å². The predicted molar refractivity (Wildman–Crippen MR) is 59.2 cm³/mol. The van der Waals surface area contributed by atoms with E-state index in [0.29, 0.717) is 16.4 Å². The van der Waals surface area contributed by atoms with Crippen molar-refractivity contribution in [2.45, 2.75) is 51.2 Å². The van der Waals surface area contributed by atoms with Gasteiger partial charge in [0.2, 0.25) is 0 Å². The van der Waals surface area contributed by atoms with Crippen molar-refractivity contribution in [3.05, 3.63) is 0 Å². The van der Waals surface area contributed by atoms with Crippen LogP contribution in [-0.2, 0) is 4.79 Å². The first-order chi connectivity index (χ1) is 6.11. The Balaban J connectivity index is 2.56. The number of ketones is 1. The van der Waals surface area contributed by atoms with Gasteiger partial charge in [0.25, 0.3) is 0 Å². The van der Waals surface area contributed by atoms with Crippen molar-refractivity contribution in [1.29, 1.82) is 0 Å². The molecule has 0 amide bonds. The van der Waals surface area contributed by atoms with E-state index in [9.17, 15) is 4.79 Å². The highest BCUT2D eigenvalue weighted by Gasteiger charge is 2.33. The molecule has 0 radical (unpaired) electrons. The fourth-order valence-corrected chi connectivity index (χ4v) is 3.36. The lowest BCUT2D eigenvalue weighted by molar-refractivity contribution is -0.123. The molecule has 0 bridgehead atoms. The Bertz CT molecular complexity index is 191. The number of rotatable bonds is 3. The minimum absolute atomic E-state index is 0.358. The maximum atomic E-state index is 11.6. The molecule has 0 aromatic carbocycles. The maximum Gasteiger partial charge on any atom is 0.135 e. The molecule has 0 aromatic rings. The van der Waals surface area contributed by atoms with E-state index in [4.69, 9.17) is 0 Å². The average Bonchev–Trinajstić information content (AvgIpc) is 2.17. The lowest BCUT2D eigenvalue weighted by Gasteiger charge is -2.36. The Morgan fingerprint density at radius 2 is 2.23 bits per heavy atom. The van der Waals surface area contributed by atoms with Crippen LogP contribution in [0, 0.1) is 5.92 Å². The van der Waals surface area contributed by atoms with Gasteiger partial charge in [-0.25, -0.2) is 0 Å². The molecule has 76 valence electrons. The third kappa shape index (κ3) is 2.73. The Labute approximate surface area is 85.7 Å². The van der Waals surface area contributed by atoms with Gasteiger partial charge in [0.05, 0.1) is 0 Å². The Morgan fingerprint density at radius 3 is 2.77 bits per heavy atom. The van der Waals surface area contributed by atoms with E-state index in [0.717, 1.165) is 19.3 Å². The highest BCUT2D eigenvalue weighted by molar-refractivity contribution is 8.00. The van der Waals surface area contributed by atoms with Crippen LogP contribution in [0.1, 0.15) is 46.5 Å². The van der Waals surface area contributed by atoms with Crippen LogP contribution in [0.15, 0.2) is 0 Å². The molecule has 1 saturated heterocycles. The third-order valence-corrected chi connectivity index (χ3v) is 4.74.